The van der Waals surface area contributed by atoms with E-state index in [2.05, 4.69) is 12.2 Å². The number of nitrogens with zero attached hydrogens (tertiary/aromatic N) is 2. The van der Waals surface area contributed by atoms with Crippen LogP contribution < -0.4 is 0 Å². The molecule has 1 aromatic carbocycles. The number of carbonyl (C=O) groups is 1. The predicted molar refractivity (Wildman–Crippen MR) is 99.7 cm³/mol. The fraction of sp³-hybridized carbons (Fsp3) is 0.474. The highest BCUT2D eigenvalue weighted by Crippen LogP contribution is 2.35. The minimum atomic E-state index is 0.320. The van der Waals surface area contributed by atoms with Crippen molar-refractivity contribution in [3.63, 3.8) is 0 Å². The fourth-order valence-corrected chi connectivity index (χ4v) is 4.97. The molecular weight excluding hydrogens is 340 g/mol. The number of rotatable bonds is 3. The number of hydrogen-bond donors (Lipinski definition) is 0. The van der Waals surface area contributed by atoms with Crippen LogP contribution in [0.5, 0.6) is 0 Å². The molecule has 2 heterocycles. The Hall–Kier alpha value is -1.39. The number of thiazole rings is 1. The molecule has 126 valence electrons. The molecule has 5 heteroatoms. The van der Waals surface area contributed by atoms with Gasteiger partial charge in [-0.15, -0.1) is 11.3 Å². The van der Waals surface area contributed by atoms with Gasteiger partial charge in [-0.05, 0) is 49.8 Å². The maximum absolute atomic E-state index is 12.4. The lowest BCUT2D eigenvalue weighted by atomic mass is 9.96. The van der Waals surface area contributed by atoms with Crippen molar-refractivity contribution in [2.45, 2.75) is 38.0 Å². The SMILES string of the molecule is O=C(CC1C=CCC1)N1CCC(c2nc3cc(Cl)ccc3s2)CC1. The quantitative estimate of drug-likeness (QED) is 0.720. The predicted octanol–water partition coefficient (Wildman–Crippen LogP) is 5.01. The van der Waals surface area contributed by atoms with Gasteiger partial charge in [0, 0.05) is 30.5 Å². The molecule has 1 fully saturated rings. The van der Waals surface area contributed by atoms with Gasteiger partial charge in [0.25, 0.3) is 0 Å². The van der Waals surface area contributed by atoms with Crippen molar-refractivity contribution in [1.82, 2.24) is 9.88 Å². The van der Waals surface area contributed by atoms with E-state index in [9.17, 15) is 4.79 Å². The number of aromatic nitrogens is 1. The van der Waals surface area contributed by atoms with Gasteiger partial charge in [0.2, 0.25) is 5.91 Å². The zero-order chi connectivity index (χ0) is 16.5. The molecule has 0 radical (unpaired) electrons. The monoisotopic (exact) mass is 360 g/mol. The number of carbonyl (C=O) groups excluding carboxylic acids is 1. The maximum Gasteiger partial charge on any atom is 0.223 e. The lowest BCUT2D eigenvalue weighted by Crippen LogP contribution is -2.38. The van der Waals surface area contributed by atoms with E-state index in [0.29, 0.717) is 24.2 Å². The van der Waals surface area contributed by atoms with Crippen LogP contribution in [-0.2, 0) is 4.79 Å². The standard InChI is InChI=1S/C19H21ClN2OS/c20-15-5-6-17-16(12-15)21-19(24-17)14-7-9-22(10-8-14)18(23)11-13-3-1-2-4-13/h1,3,5-6,12-14H,2,4,7-11H2. The Morgan fingerprint density at radius 1 is 1.29 bits per heavy atom. The largest absolute Gasteiger partial charge is 0.343 e. The van der Waals surface area contributed by atoms with E-state index < -0.39 is 0 Å². The number of halogens is 1. The van der Waals surface area contributed by atoms with Crippen LogP contribution in [0.3, 0.4) is 0 Å². The second-order valence-electron chi connectivity index (χ2n) is 6.79. The highest BCUT2D eigenvalue weighted by atomic mass is 35.5. The minimum absolute atomic E-state index is 0.320. The fourth-order valence-electron chi connectivity index (χ4n) is 3.69. The lowest BCUT2D eigenvalue weighted by Gasteiger charge is -2.31. The van der Waals surface area contributed by atoms with Gasteiger partial charge < -0.3 is 4.90 Å². The van der Waals surface area contributed by atoms with Crippen molar-refractivity contribution in [3.05, 3.63) is 40.4 Å². The van der Waals surface area contributed by atoms with E-state index in [1.807, 2.05) is 23.1 Å². The van der Waals surface area contributed by atoms with Crippen LogP contribution in [0, 0.1) is 5.92 Å². The molecule has 0 bridgehead atoms. The highest BCUT2D eigenvalue weighted by molar-refractivity contribution is 7.18. The molecule has 1 atom stereocenters. The Morgan fingerprint density at radius 2 is 2.12 bits per heavy atom. The van der Waals surface area contributed by atoms with Crippen molar-refractivity contribution < 1.29 is 4.79 Å². The number of hydrogen-bond acceptors (Lipinski definition) is 3. The molecule has 4 rings (SSSR count). The van der Waals surface area contributed by atoms with Gasteiger partial charge in [-0.25, -0.2) is 4.98 Å². The molecule has 1 saturated heterocycles. The second kappa shape index (κ2) is 6.85. The van der Waals surface area contributed by atoms with Crippen LogP contribution in [0.4, 0.5) is 0 Å². The molecular formula is C19H21ClN2OS. The summed E-state index contributed by atoms with van der Waals surface area (Å²) in [6.45, 7) is 1.72. The summed E-state index contributed by atoms with van der Waals surface area (Å²) in [5.74, 6) is 1.25. The summed E-state index contributed by atoms with van der Waals surface area (Å²) in [7, 11) is 0. The summed E-state index contributed by atoms with van der Waals surface area (Å²) in [6.07, 6.45) is 9.37. The molecule has 1 aromatic heterocycles. The minimum Gasteiger partial charge on any atom is -0.343 e. The molecule has 24 heavy (non-hydrogen) atoms. The Balaban J connectivity index is 1.38. The summed E-state index contributed by atoms with van der Waals surface area (Å²) in [5.41, 5.74) is 0.994. The van der Waals surface area contributed by atoms with Crippen molar-refractivity contribution in [2.75, 3.05) is 13.1 Å². The molecule has 1 unspecified atom stereocenters. The van der Waals surface area contributed by atoms with Gasteiger partial charge in [0.05, 0.1) is 15.2 Å². The summed E-state index contributed by atoms with van der Waals surface area (Å²) in [5, 5.41) is 1.93. The van der Waals surface area contributed by atoms with Gasteiger partial charge in [0.15, 0.2) is 0 Å². The molecule has 0 N–H and O–H groups in total. The number of amides is 1. The molecule has 0 spiro atoms. The van der Waals surface area contributed by atoms with Crippen molar-refractivity contribution >= 4 is 39.1 Å². The number of likely N-dealkylation sites (tertiary alicyclic amines) is 1. The molecule has 2 aliphatic rings. The Kier molecular flexibility index (Phi) is 4.59. The topological polar surface area (TPSA) is 33.2 Å². The first kappa shape index (κ1) is 16.1. The van der Waals surface area contributed by atoms with E-state index in [0.717, 1.165) is 49.3 Å². The molecule has 1 aliphatic heterocycles. The van der Waals surface area contributed by atoms with E-state index in [4.69, 9.17) is 16.6 Å². The Labute approximate surface area is 151 Å². The number of allylic oxidation sites excluding steroid dienone is 2. The average molecular weight is 361 g/mol. The first-order valence-electron chi connectivity index (χ1n) is 8.69. The molecule has 2 aromatic rings. The van der Waals surface area contributed by atoms with Gasteiger partial charge in [-0.3, -0.25) is 4.79 Å². The third-order valence-electron chi connectivity index (χ3n) is 5.11. The van der Waals surface area contributed by atoms with Crippen LogP contribution >= 0.6 is 22.9 Å². The van der Waals surface area contributed by atoms with E-state index >= 15 is 0 Å². The van der Waals surface area contributed by atoms with E-state index in [-0.39, 0.29) is 0 Å². The molecule has 1 amide bonds. The second-order valence-corrected chi connectivity index (χ2v) is 8.29. The Bertz CT molecular complexity index is 777. The van der Waals surface area contributed by atoms with Crippen LogP contribution in [-0.4, -0.2) is 28.9 Å². The molecule has 1 aliphatic carbocycles. The summed E-state index contributed by atoms with van der Waals surface area (Å²) in [6, 6.07) is 5.90. The van der Waals surface area contributed by atoms with Crippen molar-refractivity contribution in [3.8, 4) is 0 Å². The number of benzene rings is 1. The van der Waals surface area contributed by atoms with Gasteiger partial charge in [-0.1, -0.05) is 23.8 Å². The zero-order valence-electron chi connectivity index (χ0n) is 13.6. The summed E-state index contributed by atoms with van der Waals surface area (Å²) < 4.78 is 1.20. The first-order chi connectivity index (χ1) is 11.7. The third-order valence-corrected chi connectivity index (χ3v) is 6.55. The van der Waals surface area contributed by atoms with Crippen LogP contribution in [0.15, 0.2) is 30.4 Å². The molecule has 0 saturated carbocycles. The summed E-state index contributed by atoms with van der Waals surface area (Å²) >= 11 is 7.82. The normalized spacial score (nSPS) is 21.7. The first-order valence-corrected chi connectivity index (χ1v) is 9.89. The van der Waals surface area contributed by atoms with Crippen molar-refractivity contribution in [2.24, 2.45) is 5.92 Å². The van der Waals surface area contributed by atoms with Crippen molar-refractivity contribution in [1.29, 1.82) is 0 Å². The average Bonchev–Trinajstić information content (AvgIpc) is 3.24. The van der Waals surface area contributed by atoms with Crippen LogP contribution in [0.2, 0.25) is 5.02 Å². The number of piperidine rings is 1. The highest BCUT2D eigenvalue weighted by Gasteiger charge is 2.27. The van der Waals surface area contributed by atoms with E-state index in [1.54, 1.807) is 11.3 Å². The van der Waals surface area contributed by atoms with Gasteiger partial charge >= 0.3 is 0 Å². The zero-order valence-corrected chi connectivity index (χ0v) is 15.2. The lowest BCUT2D eigenvalue weighted by molar-refractivity contribution is -0.132. The maximum atomic E-state index is 12.4. The van der Waals surface area contributed by atoms with Crippen LogP contribution in [0.25, 0.3) is 10.2 Å². The van der Waals surface area contributed by atoms with Gasteiger partial charge in [-0.2, -0.15) is 0 Å². The summed E-state index contributed by atoms with van der Waals surface area (Å²) in [4.78, 5) is 19.3. The molecule has 3 nitrogen and oxygen atoms in total. The Morgan fingerprint density at radius 3 is 2.88 bits per heavy atom. The third kappa shape index (κ3) is 3.35. The number of fused-ring (bicyclic) bond motifs is 1. The smallest absolute Gasteiger partial charge is 0.223 e. The van der Waals surface area contributed by atoms with E-state index in [1.165, 1.54) is 9.71 Å². The van der Waals surface area contributed by atoms with Gasteiger partial charge in [0.1, 0.15) is 0 Å². The van der Waals surface area contributed by atoms with Crippen LogP contribution in [0.1, 0.15) is 43.0 Å².